The Balaban J connectivity index is 1.26. The van der Waals surface area contributed by atoms with Crippen molar-refractivity contribution in [3.63, 3.8) is 0 Å². The number of carbonyl (C=O) groups is 2. The number of aromatic nitrogens is 2. The second kappa shape index (κ2) is 8.97. The van der Waals surface area contributed by atoms with Gasteiger partial charge in [0, 0.05) is 43.2 Å². The van der Waals surface area contributed by atoms with E-state index in [2.05, 4.69) is 10.2 Å². The summed E-state index contributed by atoms with van der Waals surface area (Å²) in [5.74, 6) is -1.27. The van der Waals surface area contributed by atoms with E-state index in [0.717, 1.165) is 17.8 Å². The summed E-state index contributed by atoms with van der Waals surface area (Å²) in [6, 6.07) is 12.2. The third-order valence-corrected chi connectivity index (χ3v) is 7.36. The molecule has 5 rings (SSSR count). The number of hydrogen-bond acceptors (Lipinski definition) is 5. The number of piperidine rings is 1. The molecule has 0 aliphatic carbocycles. The Morgan fingerprint density at radius 2 is 1.82 bits per heavy atom. The Hall–Kier alpha value is -3.20. The first kappa shape index (κ1) is 21.6. The van der Waals surface area contributed by atoms with Gasteiger partial charge in [-0.2, -0.15) is 0 Å². The van der Waals surface area contributed by atoms with Crippen molar-refractivity contribution < 1.29 is 18.4 Å². The maximum absolute atomic E-state index is 14.1. The third kappa shape index (κ3) is 4.37. The van der Waals surface area contributed by atoms with Gasteiger partial charge in [0.05, 0.1) is 5.92 Å². The Morgan fingerprint density at radius 1 is 1.03 bits per heavy atom. The molecule has 0 bridgehead atoms. The molecule has 0 N–H and O–H groups in total. The number of likely N-dealkylation sites (tertiary alicyclic amines) is 1. The molecule has 2 fully saturated rings. The highest BCUT2D eigenvalue weighted by atomic mass is 32.1. The first-order chi connectivity index (χ1) is 16.0. The number of nitrogens with zero attached hydrogens (tertiary/aromatic N) is 4. The monoisotopic (exact) mass is 468 g/mol. The smallest absolute Gasteiger partial charge is 0.228 e. The van der Waals surface area contributed by atoms with Gasteiger partial charge in [0.2, 0.25) is 11.8 Å². The minimum absolute atomic E-state index is 0.0334. The van der Waals surface area contributed by atoms with Gasteiger partial charge >= 0.3 is 0 Å². The van der Waals surface area contributed by atoms with E-state index in [1.165, 1.54) is 29.5 Å². The lowest BCUT2D eigenvalue weighted by atomic mass is 9.97. The number of amides is 2. The second-order valence-corrected chi connectivity index (χ2v) is 9.44. The summed E-state index contributed by atoms with van der Waals surface area (Å²) in [6.45, 7) is 1.43. The molecule has 6 nitrogen and oxygen atoms in total. The predicted octanol–water partition coefficient (Wildman–Crippen LogP) is 4.24. The summed E-state index contributed by atoms with van der Waals surface area (Å²) in [6.07, 6.45) is 1.85. The fourth-order valence-corrected chi connectivity index (χ4v) is 5.52. The second-order valence-electron chi connectivity index (χ2n) is 8.43. The zero-order valence-corrected chi connectivity index (χ0v) is 18.6. The van der Waals surface area contributed by atoms with Crippen LogP contribution in [0.4, 0.5) is 14.5 Å². The molecule has 2 aromatic carbocycles. The molecule has 170 valence electrons. The first-order valence-electron chi connectivity index (χ1n) is 10.9. The number of carbonyl (C=O) groups excluding carboxylic acids is 2. The molecule has 2 unspecified atom stereocenters. The lowest BCUT2D eigenvalue weighted by molar-refractivity contribution is -0.137. The van der Waals surface area contributed by atoms with Gasteiger partial charge < -0.3 is 9.80 Å². The molecule has 2 atom stereocenters. The van der Waals surface area contributed by atoms with Crippen LogP contribution < -0.4 is 4.90 Å². The molecular formula is C24H22F2N4O2S. The van der Waals surface area contributed by atoms with Crippen LogP contribution in [0.25, 0.3) is 10.6 Å². The minimum atomic E-state index is -0.426. The Bertz CT molecular complexity index is 1180. The van der Waals surface area contributed by atoms with E-state index in [1.807, 2.05) is 4.90 Å². The van der Waals surface area contributed by atoms with Crippen molar-refractivity contribution in [1.82, 2.24) is 15.1 Å². The molecule has 2 aliphatic rings. The van der Waals surface area contributed by atoms with Crippen LogP contribution in [0.5, 0.6) is 0 Å². The molecule has 3 heterocycles. The van der Waals surface area contributed by atoms with Gasteiger partial charge in [-0.05, 0) is 49.2 Å². The molecule has 1 aromatic heterocycles. The summed E-state index contributed by atoms with van der Waals surface area (Å²) >= 11 is 1.36. The van der Waals surface area contributed by atoms with Crippen LogP contribution in [0.2, 0.25) is 0 Å². The molecule has 3 aromatic rings. The molecule has 33 heavy (non-hydrogen) atoms. The zero-order valence-electron chi connectivity index (χ0n) is 17.8. The molecule has 0 spiro atoms. The predicted molar refractivity (Wildman–Crippen MR) is 121 cm³/mol. The summed E-state index contributed by atoms with van der Waals surface area (Å²) in [5, 5.41) is 9.79. The van der Waals surface area contributed by atoms with Crippen LogP contribution in [-0.2, 0) is 9.59 Å². The number of benzene rings is 2. The zero-order chi connectivity index (χ0) is 22.9. The van der Waals surface area contributed by atoms with Gasteiger partial charge in [0.15, 0.2) is 5.01 Å². The normalized spacial score (nSPS) is 21.0. The molecule has 0 saturated carbocycles. The molecule has 2 saturated heterocycles. The number of halogens is 2. The molecule has 2 amide bonds. The lowest BCUT2D eigenvalue weighted by Crippen LogP contribution is -2.43. The van der Waals surface area contributed by atoms with Crippen LogP contribution in [-0.4, -0.2) is 46.5 Å². The van der Waals surface area contributed by atoms with E-state index in [9.17, 15) is 18.4 Å². The summed E-state index contributed by atoms with van der Waals surface area (Å²) < 4.78 is 27.3. The average Bonchev–Trinajstić information content (AvgIpc) is 3.47. The fraction of sp³-hybridized carbons (Fsp3) is 0.333. The Morgan fingerprint density at radius 3 is 2.61 bits per heavy atom. The fourth-order valence-electron chi connectivity index (χ4n) is 4.52. The van der Waals surface area contributed by atoms with E-state index < -0.39 is 5.92 Å². The van der Waals surface area contributed by atoms with Gasteiger partial charge in [0.1, 0.15) is 16.6 Å². The van der Waals surface area contributed by atoms with Crippen LogP contribution in [0.1, 0.15) is 30.2 Å². The topological polar surface area (TPSA) is 66.4 Å². The van der Waals surface area contributed by atoms with Crippen molar-refractivity contribution in [2.24, 2.45) is 5.92 Å². The molecule has 0 radical (unpaired) electrons. The third-order valence-electron chi connectivity index (χ3n) is 6.24. The summed E-state index contributed by atoms with van der Waals surface area (Å²) in [5.41, 5.74) is 1.03. The van der Waals surface area contributed by atoms with E-state index in [1.54, 1.807) is 35.2 Å². The highest BCUT2D eigenvalue weighted by molar-refractivity contribution is 7.14. The van der Waals surface area contributed by atoms with Crippen LogP contribution in [0, 0.1) is 17.6 Å². The highest BCUT2D eigenvalue weighted by Crippen LogP contribution is 2.35. The van der Waals surface area contributed by atoms with Crippen molar-refractivity contribution in [3.05, 3.63) is 65.2 Å². The maximum Gasteiger partial charge on any atom is 0.228 e. The highest BCUT2D eigenvalue weighted by Gasteiger charge is 2.39. The largest absolute Gasteiger partial charge is 0.342 e. The average molecular weight is 469 g/mol. The first-order valence-corrected chi connectivity index (χ1v) is 11.7. The van der Waals surface area contributed by atoms with Gasteiger partial charge in [-0.15, -0.1) is 10.2 Å². The molecule has 2 aliphatic heterocycles. The quantitative estimate of drug-likeness (QED) is 0.575. The van der Waals surface area contributed by atoms with Crippen molar-refractivity contribution in [3.8, 4) is 10.6 Å². The van der Waals surface area contributed by atoms with Crippen molar-refractivity contribution in [1.29, 1.82) is 0 Å². The van der Waals surface area contributed by atoms with Crippen molar-refractivity contribution >= 4 is 28.8 Å². The Kier molecular flexibility index (Phi) is 5.88. The van der Waals surface area contributed by atoms with E-state index in [-0.39, 0.29) is 35.8 Å². The van der Waals surface area contributed by atoms with Crippen LogP contribution >= 0.6 is 11.3 Å². The Labute approximate surface area is 193 Å². The minimum Gasteiger partial charge on any atom is -0.342 e. The van der Waals surface area contributed by atoms with Gasteiger partial charge in [0.25, 0.3) is 0 Å². The molecular weight excluding hydrogens is 446 g/mol. The number of hydrogen-bond donors (Lipinski definition) is 0. The van der Waals surface area contributed by atoms with Crippen LogP contribution in [0.3, 0.4) is 0 Å². The number of anilines is 1. The standard InChI is InChI=1S/C24H22F2N4O2S/c25-17-7-9-18(10-8-17)30-14-16(12-21(30)31)24(32)29-11-3-4-15(13-29)22-27-28-23(33-22)19-5-1-2-6-20(19)26/h1-2,5-10,15-16H,3-4,11-14H2. The summed E-state index contributed by atoms with van der Waals surface area (Å²) in [4.78, 5) is 29.1. The SMILES string of the molecule is O=C(C1CC(=O)N(c2ccc(F)cc2)C1)N1CCCC(c2nnc(-c3ccccc3F)s2)C1. The van der Waals surface area contributed by atoms with E-state index in [4.69, 9.17) is 0 Å². The molecule has 9 heteroatoms. The maximum atomic E-state index is 14.1. The van der Waals surface area contributed by atoms with Crippen LogP contribution in [0.15, 0.2) is 48.5 Å². The van der Waals surface area contributed by atoms with E-state index >= 15 is 0 Å². The van der Waals surface area contributed by atoms with E-state index in [0.29, 0.717) is 35.9 Å². The van der Waals surface area contributed by atoms with Crippen molar-refractivity contribution in [2.45, 2.75) is 25.2 Å². The van der Waals surface area contributed by atoms with Gasteiger partial charge in [-0.1, -0.05) is 23.5 Å². The lowest BCUT2D eigenvalue weighted by Gasteiger charge is -2.33. The summed E-state index contributed by atoms with van der Waals surface area (Å²) in [7, 11) is 0. The van der Waals surface area contributed by atoms with Gasteiger partial charge in [-0.3, -0.25) is 9.59 Å². The number of rotatable bonds is 4. The van der Waals surface area contributed by atoms with Crippen molar-refractivity contribution in [2.75, 3.05) is 24.5 Å². The van der Waals surface area contributed by atoms with Gasteiger partial charge in [-0.25, -0.2) is 8.78 Å².